The molecule has 2 aromatic rings. The molecule has 1 aromatic heterocycles. The van der Waals surface area contributed by atoms with Crippen LogP contribution in [-0.2, 0) is 12.8 Å². The number of hydrogen-bond acceptors (Lipinski definition) is 2. The predicted molar refractivity (Wildman–Crippen MR) is 76.1 cm³/mol. The fourth-order valence-corrected chi connectivity index (χ4v) is 2.22. The standard InChI is InChI=1S/C15H20N2O2/c1-3-11-5-6-14-13(9-11)12(10-19-14)7-8-17(4-2)15(16)18/h5-6,9-10H,3-4,7-8H2,1-2H3,(H2,16,18). The smallest absolute Gasteiger partial charge is 0.314 e. The molecule has 19 heavy (non-hydrogen) atoms. The zero-order chi connectivity index (χ0) is 13.8. The molecule has 0 saturated heterocycles. The zero-order valence-electron chi connectivity index (χ0n) is 11.5. The second kappa shape index (κ2) is 5.78. The Hall–Kier alpha value is -1.97. The van der Waals surface area contributed by atoms with Crippen LogP contribution >= 0.6 is 0 Å². The topological polar surface area (TPSA) is 59.5 Å². The van der Waals surface area contributed by atoms with Gasteiger partial charge in [-0.05, 0) is 43.0 Å². The van der Waals surface area contributed by atoms with Crippen LogP contribution in [0.1, 0.15) is 25.0 Å². The summed E-state index contributed by atoms with van der Waals surface area (Å²) in [6.45, 7) is 5.31. The molecule has 0 bridgehead atoms. The van der Waals surface area contributed by atoms with Crippen molar-refractivity contribution < 1.29 is 9.21 Å². The molecule has 4 nitrogen and oxygen atoms in total. The van der Waals surface area contributed by atoms with E-state index in [1.807, 2.05) is 13.0 Å². The largest absolute Gasteiger partial charge is 0.464 e. The second-order valence-electron chi connectivity index (χ2n) is 4.61. The third-order valence-corrected chi connectivity index (χ3v) is 3.47. The maximum atomic E-state index is 11.2. The van der Waals surface area contributed by atoms with Crippen LogP contribution in [0.2, 0.25) is 0 Å². The van der Waals surface area contributed by atoms with E-state index in [-0.39, 0.29) is 6.03 Å². The van der Waals surface area contributed by atoms with Gasteiger partial charge in [0, 0.05) is 18.5 Å². The minimum atomic E-state index is -0.371. The van der Waals surface area contributed by atoms with Gasteiger partial charge in [-0.25, -0.2) is 4.79 Å². The Morgan fingerprint density at radius 2 is 2.16 bits per heavy atom. The van der Waals surface area contributed by atoms with Crippen LogP contribution in [0.3, 0.4) is 0 Å². The lowest BCUT2D eigenvalue weighted by Gasteiger charge is -2.17. The number of urea groups is 1. The maximum Gasteiger partial charge on any atom is 0.314 e. The summed E-state index contributed by atoms with van der Waals surface area (Å²) in [5, 5.41) is 1.14. The SMILES string of the molecule is CCc1ccc2occ(CCN(CC)C(N)=O)c2c1. The molecule has 2 amide bonds. The summed E-state index contributed by atoms with van der Waals surface area (Å²) in [6, 6.07) is 5.87. The number of carbonyl (C=O) groups is 1. The van der Waals surface area contributed by atoms with Crippen LogP contribution in [0.4, 0.5) is 4.79 Å². The highest BCUT2D eigenvalue weighted by Crippen LogP contribution is 2.23. The monoisotopic (exact) mass is 260 g/mol. The normalized spacial score (nSPS) is 10.8. The first-order valence-electron chi connectivity index (χ1n) is 6.69. The predicted octanol–water partition coefficient (Wildman–Crippen LogP) is 2.94. The van der Waals surface area contributed by atoms with Gasteiger partial charge in [-0.15, -0.1) is 0 Å². The van der Waals surface area contributed by atoms with Gasteiger partial charge in [0.1, 0.15) is 5.58 Å². The highest BCUT2D eigenvalue weighted by molar-refractivity contribution is 5.82. The molecular weight excluding hydrogens is 240 g/mol. The number of furan rings is 1. The van der Waals surface area contributed by atoms with Gasteiger partial charge in [0.05, 0.1) is 6.26 Å². The van der Waals surface area contributed by atoms with Crippen molar-refractivity contribution in [1.29, 1.82) is 0 Å². The quantitative estimate of drug-likeness (QED) is 0.898. The lowest BCUT2D eigenvalue weighted by molar-refractivity contribution is 0.211. The summed E-state index contributed by atoms with van der Waals surface area (Å²) in [4.78, 5) is 12.8. The minimum Gasteiger partial charge on any atom is -0.464 e. The van der Waals surface area contributed by atoms with E-state index in [0.29, 0.717) is 13.1 Å². The molecule has 0 unspecified atom stereocenters. The molecule has 0 spiro atoms. The fraction of sp³-hybridized carbons (Fsp3) is 0.400. The Balaban J connectivity index is 2.18. The molecule has 1 aromatic carbocycles. The lowest BCUT2D eigenvalue weighted by Crippen LogP contribution is -2.36. The first-order chi connectivity index (χ1) is 9.15. The number of fused-ring (bicyclic) bond motifs is 1. The molecule has 0 saturated carbocycles. The summed E-state index contributed by atoms with van der Waals surface area (Å²) in [5.41, 5.74) is 8.62. The molecule has 0 fully saturated rings. The number of primary amides is 1. The molecule has 1 heterocycles. The molecule has 2 rings (SSSR count). The van der Waals surface area contributed by atoms with Crippen LogP contribution in [-0.4, -0.2) is 24.0 Å². The molecule has 102 valence electrons. The number of nitrogens with two attached hydrogens (primary N) is 1. The minimum absolute atomic E-state index is 0.371. The van der Waals surface area contributed by atoms with E-state index in [1.54, 1.807) is 11.2 Å². The molecule has 2 N–H and O–H groups in total. The van der Waals surface area contributed by atoms with Crippen molar-refractivity contribution in [1.82, 2.24) is 4.90 Å². The molecule has 0 aliphatic rings. The summed E-state index contributed by atoms with van der Waals surface area (Å²) in [5.74, 6) is 0. The number of likely N-dealkylation sites (N-methyl/N-ethyl adjacent to an activating group) is 1. The van der Waals surface area contributed by atoms with Gasteiger partial charge >= 0.3 is 6.03 Å². The zero-order valence-corrected chi connectivity index (χ0v) is 11.5. The van der Waals surface area contributed by atoms with Crippen LogP contribution in [0.25, 0.3) is 11.0 Å². The molecule has 0 aliphatic heterocycles. The van der Waals surface area contributed by atoms with E-state index in [9.17, 15) is 4.79 Å². The number of benzene rings is 1. The van der Waals surface area contributed by atoms with Gasteiger partial charge in [0.2, 0.25) is 0 Å². The Labute approximate surface area is 113 Å². The molecule has 0 aliphatic carbocycles. The van der Waals surface area contributed by atoms with Crippen LogP contribution in [0, 0.1) is 0 Å². The summed E-state index contributed by atoms with van der Waals surface area (Å²) in [7, 11) is 0. The third kappa shape index (κ3) is 2.89. The molecular formula is C15H20N2O2. The highest BCUT2D eigenvalue weighted by Gasteiger charge is 2.10. The number of aryl methyl sites for hydroxylation is 1. The van der Waals surface area contributed by atoms with Crippen molar-refractivity contribution >= 4 is 17.0 Å². The van der Waals surface area contributed by atoms with Crippen molar-refractivity contribution in [2.45, 2.75) is 26.7 Å². The summed E-state index contributed by atoms with van der Waals surface area (Å²) < 4.78 is 5.54. The van der Waals surface area contributed by atoms with Gasteiger partial charge in [-0.3, -0.25) is 0 Å². The van der Waals surface area contributed by atoms with Gasteiger partial charge in [0.15, 0.2) is 0 Å². The number of hydrogen-bond donors (Lipinski definition) is 1. The van der Waals surface area contributed by atoms with E-state index in [4.69, 9.17) is 10.2 Å². The Morgan fingerprint density at radius 3 is 2.79 bits per heavy atom. The van der Waals surface area contributed by atoms with Gasteiger partial charge in [0.25, 0.3) is 0 Å². The van der Waals surface area contributed by atoms with Crippen LogP contribution in [0.15, 0.2) is 28.9 Å². The fourth-order valence-electron chi connectivity index (χ4n) is 2.22. The van der Waals surface area contributed by atoms with Crippen molar-refractivity contribution in [2.24, 2.45) is 5.73 Å². The average Bonchev–Trinajstić information content (AvgIpc) is 2.81. The molecule has 0 radical (unpaired) electrons. The number of amides is 2. The van der Waals surface area contributed by atoms with E-state index >= 15 is 0 Å². The highest BCUT2D eigenvalue weighted by atomic mass is 16.3. The van der Waals surface area contributed by atoms with Gasteiger partial charge < -0.3 is 15.1 Å². The van der Waals surface area contributed by atoms with Crippen LogP contribution in [0.5, 0.6) is 0 Å². The Bertz CT molecular complexity index is 575. The van der Waals surface area contributed by atoms with Crippen molar-refractivity contribution in [2.75, 3.05) is 13.1 Å². The van der Waals surface area contributed by atoms with E-state index in [0.717, 1.165) is 29.4 Å². The van der Waals surface area contributed by atoms with Gasteiger partial charge in [-0.2, -0.15) is 0 Å². The first kappa shape index (κ1) is 13.5. The van der Waals surface area contributed by atoms with E-state index in [2.05, 4.69) is 19.1 Å². The lowest BCUT2D eigenvalue weighted by atomic mass is 10.1. The summed E-state index contributed by atoms with van der Waals surface area (Å²) >= 11 is 0. The van der Waals surface area contributed by atoms with E-state index in [1.165, 1.54) is 5.56 Å². The first-order valence-corrected chi connectivity index (χ1v) is 6.69. The third-order valence-electron chi connectivity index (χ3n) is 3.47. The second-order valence-corrected chi connectivity index (χ2v) is 4.61. The molecule has 0 atom stereocenters. The average molecular weight is 260 g/mol. The number of carbonyl (C=O) groups excluding carboxylic acids is 1. The van der Waals surface area contributed by atoms with Crippen molar-refractivity contribution in [3.8, 4) is 0 Å². The Morgan fingerprint density at radius 1 is 1.37 bits per heavy atom. The number of nitrogens with zero attached hydrogens (tertiary/aromatic N) is 1. The molecule has 4 heteroatoms. The summed E-state index contributed by atoms with van der Waals surface area (Å²) in [6.07, 6.45) is 3.54. The van der Waals surface area contributed by atoms with Crippen LogP contribution < -0.4 is 5.73 Å². The van der Waals surface area contributed by atoms with Gasteiger partial charge in [-0.1, -0.05) is 13.0 Å². The van der Waals surface area contributed by atoms with E-state index < -0.39 is 0 Å². The van der Waals surface area contributed by atoms with Crippen molar-refractivity contribution in [3.05, 3.63) is 35.6 Å². The maximum absolute atomic E-state index is 11.2. The number of rotatable bonds is 5. The Kier molecular flexibility index (Phi) is 4.10. The van der Waals surface area contributed by atoms with Crippen molar-refractivity contribution in [3.63, 3.8) is 0 Å².